The second kappa shape index (κ2) is 9.36. The van der Waals surface area contributed by atoms with Crippen LogP contribution in [-0.4, -0.2) is 21.0 Å². The molecule has 3 aliphatic rings. The van der Waals surface area contributed by atoms with Gasteiger partial charge >= 0.3 is 5.97 Å². The second-order valence-corrected chi connectivity index (χ2v) is 9.50. The number of hydroxylamine groups is 1. The maximum atomic E-state index is 12.2. The van der Waals surface area contributed by atoms with Crippen LogP contribution >= 0.6 is 0 Å². The zero-order chi connectivity index (χ0) is 20.9. The van der Waals surface area contributed by atoms with Gasteiger partial charge in [-0.3, -0.25) is 4.79 Å². The molecule has 0 radical (unpaired) electrons. The molecule has 30 heavy (non-hydrogen) atoms. The zero-order valence-corrected chi connectivity index (χ0v) is 18.0. The van der Waals surface area contributed by atoms with Crippen molar-refractivity contribution in [1.29, 1.82) is 0 Å². The van der Waals surface area contributed by atoms with Gasteiger partial charge < -0.3 is 9.94 Å². The highest BCUT2D eigenvalue weighted by Crippen LogP contribution is 2.60. The first-order chi connectivity index (χ1) is 14.7. The molecule has 0 spiro atoms. The van der Waals surface area contributed by atoms with Gasteiger partial charge in [0.15, 0.2) is 5.75 Å². The minimum Gasteiger partial charge on any atom is -0.481 e. The van der Waals surface area contributed by atoms with Gasteiger partial charge in [-0.15, -0.1) is 0 Å². The molecule has 0 atom stereocenters. The van der Waals surface area contributed by atoms with E-state index in [2.05, 4.69) is 21.5 Å². The third-order valence-corrected chi connectivity index (χ3v) is 7.80. The molecule has 2 aliphatic carbocycles. The lowest BCUT2D eigenvalue weighted by molar-refractivity contribution is -0.144. The Morgan fingerprint density at radius 3 is 2.20 bits per heavy atom. The fourth-order valence-electron chi connectivity index (χ4n) is 6.32. The molecular formula is C24H35N3O3. The lowest BCUT2D eigenvalue weighted by Crippen LogP contribution is -2.50. The number of carboxylic acids is 1. The van der Waals surface area contributed by atoms with Gasteiger partial charge in [-0.2, -0.15) is 0 Å². The molecular weight excluding hydrogens is 378 g/mol. The largest absolute Gasteiger partial charge is 0.481 e. The van der Waals surface area contributed by atoms with Crippen molar-refractivity contribution in [3.63, 3.8) is 0 Å². The van der Waals surface area contributed by atoms with Gasteiger partial charge in [0.25, 0.3) is 0 Å². The molecule has 0 aromatic carbocycles. The van der Waals surface area contributed by atoms with Crippen molar-refractivity contribution in [3.8, 4) is 5.75 Å². The Morgan fingerprint density at radius 1 is 0.967 bits per heavy atom. The Kier molecular flexibility index (Phi) is 6.59. The number of rotatable bonds is 4. The number of nitrogens with zero attached hydrogens (tertiary/aromatic N) is 2. The third kappa shape index (κ3) is 4.19. The van der Waals surface area contributed by atoms with Crippen LogP contribution in [0.15, 0.2) is 18.2 Å². The van der Waals surface area contributed by atoms with Crippen molar-refractivity contribution in [1.82, 2.24) is 15.4 Å². The molecule has 0 bridgehead atoms. The van der Waals surface area contributed by atoms with Crippen LogP contribution in [-0.2, 0) is 4.79 Å². The van der Waals surface area contributed by atoms with Crippen LogP contribution in [0.4, 0.5) is 0 Å². The lowest BCUT2D eigenvalue weighted by Gasteiger charge is -2.54. The molecule has 0 unspecified atom stereocenters. The summed E-state index contributed by atoms with van der Waals surface area (Å²) in [5.74, 6) is -0.0377. The number of hydrogen-bond acceptors (Lipinski definition) is 5. The van der Waals surface area contributed by atoms with Crippen LogP contribution in [0, 0.1) is 10.8 Å². The number of carbonyl (C=O) groups is 1. The molecule has 2 saturated carbocycles. The highest BCUT2D eigenvalue weighted by atomic mass is 16.6. The van der Waals surface area contributed by atoms with Gasteiger partial charge in [-0.25, -0.2) is 15.4 Å². The van der Waals surface area contributed by atoms with Crippen LogP contribution in [0.1, 0.15) is 102 Å². The molecule has 6 heteroatoms. The summed E-state index contributed by atoms with van der Waals surface area (Å²) >= 11 is 0. The normalized spacial score (nSPS) is 23.8. The average Bonchev–Trinajstić information content (AvgIpc) is 2.70. The van der Waals surface area contributed by atoms with Crippen molar-refractivity contribution in [2.24, 2.45) is 10.8 Å². The van der Waals surface area contributed by atoms with E-state index in [1.54, 1.807) is 12.5 Å². The first-order valence-corrected chi connectivity index (χ1v) is 11.8. The molecule has 1 aliphatic heterocycles. The molecule has 2 heterocycles. The fourth-order valence-corrected chi connectivity index (χ4v) is 6.32. The topological polar surface area (TPSA) is 84.3 Å². The number of aliphatic carboxylic acids is 1. The van der Waals surface area contributed by atoms with Crippen LogP contribution < -0.4 is 10.3 Å². The number of fused-ring (bicyclic) bond motifs is 1. The Bertz CT molecular complexity index is 761. The summed E-state index contributed by atoms with van der Waals surface area (Å²) in [6.07, 6.45) is 21.5. The molecule has 6 nitrogen and oxygen atoms in total. The van der Waals surface area contributed by atoms with E-state index in [0.29, 0.717) is 5.75 Å². The molecule has 4 rings (SSSR count). The van der Waals surface area contributed by atoms with Gasteiger partial charge in [0, 0.05) is 5.41 Å². The fraction of sp³-hybridized carbons (Fsp3) is 0.708. The summed E-state index contributed by atoms with van der Waals surface area (Å²) in [5, 5.41) is 10.0. The Hall–Kier alpha value is -2.11. The maximum absolute atomic E-state index is 12.2. The van der Waals surface area contributed by atoms with Gasteiger partial charge in [-0.05, 0) is 37.2 Å². The van der Waals surface area contributed by atoms with Crippen molar-refractivity contribution in [2.75, 3.05) is 0 Å². The molecule has 0 amide bonds. The Labute approximate surface area is 179 Å². The van der Waals surface area contributed by atoms with E-state index in [4.69, 9.17) is 4.84 Å². The Morgan fingerprint density at radius 2 is 1.57 bits per heavy atom. The van der Waals surface area contributed by atoms with E-state index < -0.39 is 5.97 Å². The number of hydrogen-bond donors (Lipinski definition) is 2. The number of carboxylic acid groups (broad SMARTS) is 1. The standard InChI is InChI=1S/C24H35N3O3/c28-22(29)16-23(11-7-3-1-4-8-12-23)24(13-9-5-2-6-10-14-24)21-15-19-20(30-27-21)17-25-18-26-19/h15,17-18,27H,1-14,16H2,(H,28,29). The number of aromatic nitrogens is 2. The van der Waals surface area contributed by atoms with E-state index in [-0.39, 0.29) is 17.3 Å². The van der Waals surface area contributed by atoms with Crippen LogP contribution in [0.25, 0.3) is 6.08 Å². The van der Waals surface area contributed by atoms with Crippen molar-refractivity contribution < 1.29 is 14.7 Å². The summed E-state index contributed by atoms with van der Waals surface area (Å²) in [5.41, 5.74) is 4.62. The average molecular weight is 414 g/mol. The molecule has 1 aromatic rings. The first kappa shape index (κ1) is 21.1. The lowest BCUT2D eigenvalue weighted by atomic mass is 9.51. The Balaban J connectivity index is 1.82. The summed E-state index contributed by atoms with van der Waals surface area (Å²) in [6, 6.07) is 0. The minimum absolute atomic E-state index is 0.216. The second-order valence-electron chi connectivity index (χ2n) is 9.50. The minimum atomic E-state index is -0.669. The van der Waals surface area contributed by atoms with E-state index in [1.807, 2.05) is 0 Å². The predicted molar refractivity (Wildman–Crippen MR) is 116 cm³/mol. The maximum Gasteiger partial charge on any atom is 0.303 e. The highest BCUT2D eigenvalue weighted by Gasteiger charge is 2.54. The quantitative estimate of drug-likeness (QED) is 0.663. The van der Waals surface area contributed by atoms with Crippen LogP contribution in [0.5, 0.6) is 5.75 Å². The zero-order valence-electron chi connectivity index (χ0n) is 18.0. The molecule has 2 fully saturated rings. The monoisotopic (exact) mass is 413 g/mol. The van der Waals surface area contributed by atoms with Gasteiger partial charge in [0.05, 0.1) is 18.3 Å². The molecule has 1 aromatic heterocycles. The van der Waals surface area contributed by atoms with E-state index in [1.165, 1.54) is 38.5 Å². The van der Waals surface area contributed by atoms with E-state index in [9.17, 15) is 9.90 Å². The predicted octanol–water partition coefficient (Wildman–Crippen LogP) is 5.65. The van der Waals surface area contributed by atoms with Gasteiger partial charge in [0.2, 0.25) is 0 Å². The van der Waals surface area contributed by atoms with Crippen molar-refractivity contribution in [2.45, 2.75) is 96.3 Å². The van der Waals surface area contributed by atoms with Crippen molar-refractivity contribution in [3.05, 3.63) is 23.9 Å². The van der Waals surface area contributed by atoms with E-state index >= 15 is 0 Å². The SMILES string of the molecule is O=C(O)CC1(C2(C3=Cc4ncncc4ON3)CCCCCCC2)CCCCCCC1. The van der Waals surface area contributed by atoms with Crippen LogP contribution in [0.2, 0.25) is 0 Å². The van der Waals surface area contributed by atoms with Crippen LogP contribution in [0.3, 0.4) is 0 Å². The third-order valence-electron chi connectivity index (χ3n) is 7.80. The molecule has 2 N–H and O–H groups in total. The van der Waals surface area contributed by atoms with Gasteiger partial charge in [-0.1, -0.05) is 64.2 Å². The molecule has 164 valence electrons. The highest BCUT2D eigenvalue weighted by molar-refractivity contribution is 5.68. The summed E-state index contributed by atoms with van der Waals surface area (Å²) in [7, 11) is 0. The van der Waals surface area contributed by atoms with Crippen molar-refractivity contribution >= 4 is 12.0 Å². The summed E-state index contributed by atoms with van der Waals surface area (Å²) < 4.78 is 0. The van der Waals surface area contributed by atoms with Gasteiger partial charge in [0.1, 0.15) is 12.0 Å². The van der Waals surface area contributed by atoms with E-state index in [0.717, 1.165) is 62.8 Å². The smallest absolute Gasteiger partial charge is 0.303 e. The molecule has 0 saturated heterocycles. The first-order valence-electron chi connectivity index (χ1n) is 11.8. The summed E-state index contributed by atoms with van der Waals surface area (Å²) in [4.78, 5) is 26.6. The number of nitrogens with one attached hydrogen (secondary N) is 1. The number of allylic oxidation sites excluding steroid dienone is 1. The summed E-state index contributed by atoms with van der Waals surface area (Å²) in [6.45, 7) is 0.